The number of carbonyl (C=O) groups excluding carboxylic acids is 1. The van der Waals surface area contributed by atoms with Crippen molar-refractivity contribution < 1.29 is 14.3 Å². The van der Waals surface area contributed by atoms with Crippen molar-refractivity contribution in [3.05, 3.63) is 46.5 Å². The molecule has 4 aliphatic rings. The lowest BCUT2D eigenvalue weighted by Gasteiger charge is -2.42. The molecule has 1 atom stereocenters. The number of ether oxygens (including phenoxy) is 2. The van der Waals surface area contributed by atoms with Gasteiger partial charge in [-0.25, -0.2) is 0 Å². The molecule has 0 spiro atoms. The molecule has 9 nitrogen and oxygen atoms in total. The van der Waals surface area contributed by atoms with E-state index in [1.807, 2.05) is 24.7 Å². The van der Waals surface area contributed by atoms with E-state index in [0.717, 1.165) is 24.6 Å². The van der Waals surface area contributed by atoms with E-state index in [1.165, 1.54) is 0 Å². The molecule has 4 fully saturated rings. The van der Waals surface area contributed by atoms with Gasteiger partial charge in [-0.3, -0.25) is 14.3 Å². The van der Waals surface area contributed by atoms with Gasteiger partial charge in [-0.05, 0) is 50.8 Å². The summed E-state index contributed by atoms with van der Waals surface area (Å²) in [5.74, 6) is -0.236. The second-order valence-corrected chi connectivity index (χ2v) is 11.6. The molecular formula is C26H31N5O4. The van der Waals surface area contributed by atoms with Crippen molar-refractivity contribution in [3.63, 3.8) is 0 Å². The summed E-state index contributed by atoms with van der Waals surface area (Å²) in [5.41, 5.74) is 0.682. The Hall–Kier alpha value is -3.20. The van der Waals surface area contributed by atoms with Crippen molar-refractivity contribution in [1.82, 2.24) is 19.3 Å². The third-order valence-electron chi connectivity index (χ3n) is 7.65. The Balaban J connectivity index is 1.34. The van der Waals surface area contributed by atoms with Gasteiger partial charge in [0, 0.05) is 36.7 Å². The fourth-order valence-corrected chi connectivity index (χ4v) is 5.69. The quantitative estimate of drug-likeness (QED) is 0.578. The van der Waals surface area contributed by atoms with Crippen LogP contribution in [0.25, 0.3) is 11.0 Å². The number of nitrogens with one attached hydrogen (secondary N) is 1. The van der Waals surface area contributed by atoms with Crippen LogP contribution in [0.1, 0.15) is 70.3 Å². The maximum Gasteiger partial charge on any atom is 0.274 e. The fourth-order valence-electron chi connectivity index (χ4n) is 5.69. The molecule has 7 rings (SSSR count). The first kappa shape index (κ1) is 22.3. The maximum atomic E-state index is 13.4. The smallest absolute Gasteiger partial charge is 0.274 e. The zero-order chi connectivity index (χ0) is 24.8. The molecule has 2 aliphatic carbocycles. The van der Waals surface area contributed by atoms with Crippen LogP contribution in [0.4, 0.5) is 5.69 Å². The normalized spacial score (nSPS) is 28.2. The molecule has 35 heavy (non-hydrogen) atoms. The molecule has 2 aliphatic heterocycles. The Morgan fingerprint density at radius 1 is 1.29 bits per heavy atom. The van der Waals surface area contributed by atoms with Crippen molar-refractivity contribution in [2.24, 2.45) is 5.41 Å². The molecule has 184 valence electrons. The summed E-state index contributed by atoms with van der Waals surface area (Å²) >= 11 is 0. The number of hydrogen-bond acceptors (Lipinski definition) is 6. The predicted octanol–water partition coefficient (Wildman–Crippen LogP) is 3.88. The molecular weight excluding hydrogens is 446 g/mol. The van der Waals surface area contributed by atoms with E-state index in [9.17, 15) is 9.59 Å². The van der Waals surface area contributed by atoms with Crippen LogP contribution < -0.4 is 15.6 Å². The average Bonchev–Trinajstić information content (AvgIpc) is 3.11. The number of rotatable bonds is 6. The van der Waals surface area contributed by atoms with Crippen LogP contribution >= 0.6 is 0 Å². The monoisotopic (exact) mass is 477 g/mol. The summed E-state index contributed by atoms with van der Waals surface area (Å²) in [4.78, 5) is 31.1. The third kappa shape index (κ3) is 3.55. The largest absolute Gasteiger partial charge is 0.474 e. The minimum absolute atomic E-state index is 0.0687. The van der Waals surface area contributed by atoms with Crippen LogP contribution in [0.5, 0.6) is 5.88 Å². The second-order valence-electron chi connectivity index (χ2n) is 11.6. The molecule has 1 unspecified atom stereocenters. The minimum Gasteiger partial charge on any atom is -0.474 e. The summed E-state index contributed by atoms with van der Waals surface area (Å²) in [5, 5.41) is 8.25. The van der Waals surface area contributed by atoms with E-state index in [0.29, 0.717) is 12.3 Å². The average molecular weight is 478 g/mol. The number of pyridine rings is 2. The lowest BCUT2D eigenvalue weighted by atomic mass is 9.69. The fraction of sp³-hybridized carbons (Fsp3) is 0.538. The van der Waals surface area contributed by atoms with Gasteiger partial charge >= 0.3 is 0 Å². The van der Waals surface area contributed by atoms with Gasteiger partial charge in [0.1, 0.15) is 11.3 Å². The van der Waals surface area contributed by atoms with E-state index in [2.05, 4.69) is 31.1 Å². The Morgan fingerprint density at radius 2 is 2.03 bits per heavy atom. The van der Waals surface area contributed by atoms with E-state index in [1.54, 1.807) is 29.0 Å². The SMILES string of the molecule is CC(C)Oc1nc2nn(C34COC(C)(C3)C4)cc2cc1C(=O)Nc1cccn(C2CC2(C)C)c1=O. The number of aromatic nitrogens is 4. The van der Waals surface area contributed by atoms with Crippen LogP contribution in [0.15, 0.2) is 35.4 Å². The van der Waals surface area contributed by atoms with Crippen LogP contribution in [0, 0.1) is 5.41 Å². The first-order valence-corrected chi connectivity index (χ1v) is 12.2. The van der Waals surface area contributed by atoms with Gasteiger partial charge in [0.25, 0.3) is 11.5 Å². The maximum absolute atomic E-state index is 13.4. The highest BCUT2D eigenvalue weighted by Crippen LogP contribution is 2.56. The van der Waals surface area contributed by atoms with E-state index in [4.69, 9.17) is 14.6 Å². The minimum atomic E-state index is -0.439. The Kier molecular flexibility index (Phi) is 4.56. The Labute approximate surface area is 203 Å². The first-order valence-electron chi connectivity index (χ1n) is 12.2. The van der Waals surface area contributed by atoms with E-state index >= 15 is 0 Å². The Bertz CT molecular complexity index is 1410. The van der Waals surface area contributed by atoms with Crippen molar-refractivity contribution in [3.8, 4) is 5.88 Å². The number of amides is 1. The van der Waals surface area contributed by atoms with Gasteiger partial charge in [-0.2, -0.15) is 10.1 Å². The van der Waals surface area contributed by atoms with Crippen LogP contribution in [0.2, 0.25) is 0 Å². The van der Waals surface area contributed by atoms with Gasteiger partial charge < -0.3 is 19.4 Å². The number of hydrogen-bond donors (Lipinski definition) is 1. The van der Waals surface area contributed by atoms with Crippen LogP contribution in [-0.4, -0.2) is 43.6 Å². The lowest BCUT2D eigenvalue weighted by Crippen LogP contribution is -2.49. The number of anilines is 1. The highest BCUT2D eigenvalue weighted by atomic mass is 16.5. The molecule has 3 aromatic rings. The summed E-state index contributed by atoms with van der Waals surface area (Å²) in [7, 11) is 0. The van der Waals surface area contributed by atoms with E-state index < -0.39 is 5.91 Å². The highest BCUT2D eigenvalue weighted by molar-refractivity contribution is 6.07. The summed E-state index contributed by atoms with van der Waals surface area (Å²) in [6.07, 6.45) is 6.28. The standard InChI is InChI=1S/C26H31N5O4/c1-15(2)35-22-17(21(32)27-18-7-6-8-30(23(18)33)19-10-24(19,3)4)9-16-11-31(29-20(16)28-22)26-12-25(5,13-26)34-14-26/h6-9,11,15,19H,10,12-14H2,1-5H3,(H,27,32). The van der Waals surface area contributed by atoms with Crippen molar-refractivity contribution in [2.75, 3.05) is 11.9 Å². The number of nitrogens with zero attached hydrogens (tertiary/aromatic N) is 4. The molecule has 2 saturated heterocycles. The summed E-state index contributed by atoms with van der Waals surface area (Å²) < 4.78 is 15.5. The van der Waals surface area contributed by atoms with Gasteiger partial charge in [-0.1, -0.05) is 13.8 Å². The van der Waals surface area contributed by atoms with Gasteiger partial charge in [0.05, 0.1) is 23.9 Å². The van der Waals surface area contributed by atoms with Crippen LogP contribution in [0.3, 0.4) is 0 Å². The Morgan fingerprint density at radius 3 is 2.66 bits per heavy atom. The second kappa shape index (κ2) is 7.16. The highest BCUT2D eigenvalue weighted by Gasteiger charge is 2.61. The van der Waals surface area contributed by atoms with E-state index in [-0.39, 0.29) is 51.4 Å². The van der Waals surface area contributed by atoms with Gasteiger partial charge in [-0.15, -0.1) is 0 Å². The van der Waals surface area contributed by atoms with Crippen molar-refractivity contribution >= 4 is 22.6 Å². The molecule has 9 heteroatoms. The van der Waals surface area contributed by atoms with Gasteiger partial charge in [0.15, 0.2) is 5.65 Å². The van der Waals surface area contributed by atoms with Gasteiger partial charge in [0.2, 0.25) is 5.88 Å². The zero-order valence-electron chi connectivity index (χ0n) is 20.8. The molecule has 3 aromatic heterocycles. The molecule has 1 amide bonds. The molecule has 5 heterocycles. The number of carbonyl (C=O) groups is 1. The predicted molar refractivity (Wildman–Crippen MR) is 131 cm³/mol. The third-order valence-corrected chi connectivity index (χ3v) is 7.65. The topological polar surface area (TPSA) is 100 Å². The lowest BCUT2D eigenvalue weighted by molar-refractivity contribution is 0.00381. The summed E-state index contributed by atoms with van der Waals surface area (Å²) in [6.45, 7) is 10.8. The molecule has 2 bridgehead atoms. The van der Waals surface area contributed by atoms with Crippen LogP contribution in [-0.2, 0) is 10.3 Å². The van der Waals surface area contributed by atoms with Crippen molar-refractivity contribution in [1.29, 1.82) is 0 Å². The first-order chi connectivity index (χ1) is 16.5. The molecule has 0 radical (unpaired) electrons. The summed E-state index contributed by atoms with van der Waals surface area (Å²) in [6, 6.07) is 5.31. The molecule has 2 saturated carbocycles. The molecule has 0 aromatic carbocycles. The molecule has 1 N–H and O–H groups in total. The van der Waals surface area contributed by atoms with Crippen molar-refractivity contribution in [2.45, 2.75) is 77.2 Å². The zero-order valence-corrected chi connectivity index (χ0v) is 20.8. The number of fused-ring (bicyclic) bond motifs is 2.